The second-order valence-corrected chi connectivity index (χ2v) is 10.5. The van der Waals surface area contributed by atoms with Gasteiger partial charge in [-0.3, -0.25) is 0 Å². The number of aliphatic hydroxyl groups is 2. The lowest BCUT2D eigenvalue weighted by Gasteiger charge is -2.37. The number of rotatable bonds is 12. The highest BCUT2D eigenvalue weighted by atomic mass is 19.1. The van der Waals surface area contributed by atoms with Crippen molar-refractivity contribution in [2.24, 2.45) is 0 Å². The Morgan fingerprint density at radius 2 is 2.03 bits per heavy atom. The molecule has 1 unspecified atom stereocenters. The van der Waals surface area contributed by atoms with Crippen LogP contribution in [0.3, 0.4) is 0 Å². The van der Waals surface area contributed by atoms with Crippen LogP contribution in [0.2, 0.25) is 0 Å². The molecule has 2 heterocycles. The van der Waals surface area contributed by atoms with E-state index in [1.165, 1.54) is 5.56 Å². The van der Waals surface area contributed by atoms with E-state index < -0.39 is 6.29 Å². The van der Waals surface area contributed by atoms with Crippen molar-refractivity contribution in [2.75, 3.05) is 38.7 Å². The first-order chi connectivity index (χ1) is 16.9. The molecule has 8 heteroatoms. The fraction of sp³-hybridized carbons (Fsp3) is 0.704. The predicted molar refractivity (Wildman–Crippen MR) is 137 cm³/mol. The maximum Gasteiger partial charge on any atom is 0.156 e. The van der Waals surface area contributed by atoms with Gasteiger partial charge in [0.2, 0.25) is 0 Å². The Balaban J connectivity index is 1.42. The standard InChI is InChI=1S/C27H43FN4O3/c1-4-25-30-22(9-13-31(3)23-15-19(2)35-26(34)16-23)18-32(25)24(17-28)27(10-11-27)20-5-7-21(8-6-20)29-12-14-33/h5-8,18-19,23-26,29-30,33-34H,4,9-17H2,1-3H3/t19-,23+,24-,25?,26-/m1/s1. The van der Waals surface area contributed by atoms with Gasteiger partial charge in [0, 0.05) is 55.0 Å². The van der Waals surface area contributed by atoms with Crippen molar-refractivity contribution in [1.82, 2.24) is 15.1 Å². The van der Waals surface area contributed by atoms with Gasteiger partial charge in [-0.15, -0.1) is 0 Å². The molecule has 0 spiro atoms. The van der Waals surface area contributed by atoms with Crippen LogP contribution in [-0.4, -0.2) is 84.1 Å². The number of hydrogen-bond donors (Lipinski definition) is 4. The highest BCUT2D eigenvalue weighted by molar-refractivity contribution is 5.48. The number of hydrogen-bond acceptors (Lipinski definition) is 7. The van der Waals surface area contributed by atoms with Crippen molar-refractivity contribution in [3.05, 3.63) is 41.7 Å². The molecule has 1 saturated heterocycles. The zero-order valence-electron chi connectivity index (χ0n) is 21.4. The quantitative estimate of drug-likeness (QED) is 0.358. The van der Waals surface area contributed by atoms with Gasteiger partial charge >= 0.3 is 0 Å². The van der Waals surface area contributed by atoms with Crippen molar-refractivity contribution in [3.63, 3.8) is 0 Å². The van der Waals surface area contributed by atoms with Gasteiger partial charge in [0.25, 0.3) is 0 Å². The van der Waals surface area contributed by atoms with Crippen molar-refractivity contribution in [3.8, 4) is 0 Å². The van der Waals surface area contributed by atoms with Crippen molar-refractivity contribution < 1.29 is 19.3 Å². The number of alkyl halides is 1. The maximum absolute atomic E-state index is 14.7. The Bertz CT molecular complexity index is 837. The van der Waals surface area contributed by atoms with Gasteiger partial charge in [-0.1, -0.05) is 19.1 Å². The second kappa shape index (κ2) is 11.5. The fourth-order valence-corrected chi connectivity index (χ4v) is 5.87. The Morgan fingerprint density at radius 3 is 2.63 bits per heavy atom. The Morgan fingerprint density at radius 1 is 1.29 bits per heavy atom. The van der Waals surface area contributed by atoms with Crippen LogP contribution in [0.4, 0.5) is 10.1 Å². The van der Waals surface area contributed by atoms with Crippen LogP contribution < -0.4 is 10.6 Å². The molecule has 0 aromatic heterocycles. The van der Waals surface area contributed by atoms with E-state index in [0.29, 0.717) is 19.0 Å². The molecule has 0 radical (unpaired) electrons. The number of nitrogens with one attached hydrogen (secondary N) is 2. The highest BCUT2D eigenvalue weighted by Gasteiger charge is 2.54. The molecule has 196 valence electrons. The molecule has 35 heavy (non-hydrogen) atoms. The largest absolute Gasteiger partial charge is 0.395 e. The summed E-state index contributed by atoms with van der Waals surface area (Å²) in [6.07, 6.45) is 6.95. The molecule has 1 aliphatic carbocycles. The number of nitrogens with zero attached hydrogens (tertiary/aromatic N) is 2. The van der Waals surface area contributed by atoms with E-state index >= 15 is 0 Å². The molecule has 1 aromatic rings. The average molecular weight is 491 g/mol. The van der Waals surface area contributed by atoms with Crippen molar-refractivity contribution >= 4 is 5.69 Å². The van der Waals surface area contributed by atoms with E-state index in [2.05, 4.69) is 52.7 Å². The molecule has 1 aromatic carbocycles. The minimum Gasteiger partial charge on any atom is -0.395 e. The number of anilines is 1. The summed E-state index contributed by atoms with van der Waals surface area (Å²) >= 11 is 0. The monoisotopic (exact) mass is 490 g/mol. The minimum absolute atomic E-state index is 0.0644. The Labute approximate surface area is 209 Å². The van der Waals surface area contributed by atoms with Crippen molar-refractivity contribution in [1.29, 1.82) is 0 Å². The lowest BCUT2D eigenvalue weighted by molar-refractivity contribution is -0.173. The molecular weight excluding hydrogens is 447 g/mol. The minimum atomic E-state index is -0.686. The molecule has 0 bridgehead atoms. The SMILES string of the molecule is CCC1NC(CCN(C)[C@H]2C[C@@H](C)O[C@@H](O)C2)=CN1[C@H](CF)C1(c2ccc(NCCO)cc2)CC1. The first-order valence-electron chi connectivity index (χ1n) is 13.2. The normalized spacial score (nSPS) is 28.5. The van der Waals surface area contributed by atoms with Crippen LogP contribution in [0.5, 0.6) is 0 Å². The van der Waals surface area contributed by atoms with Crippen LogP contribution >= 0.6 is 0 Å². The topological polar surface area (TPSA) is 80.2 Å². The number of benzene rings is 1. The fourth-order valence-electron chi connectivity index (χ4n) is 5.87. The second-order valence-electron chi connectivity index (χ2n) is 10.5. The molecule has 2 fully saturated rings. The van der Waals surface area contributed by atoms with E-state index in [1.807, 2.05) is 19.1 Å². The van der Waals surface area contributed by atoms with Crippen LogP contribution in [0.15, 0.2) is 36.2 Å². The number of halogens is 1. The summed E-state index contributed by atoms with van der Waals surface area (Å²) in [5, 5.41) is 25.8. The van der Waals surface area contributed by atoms with Gasteiger partial charge in [-0.05, 0) is 57.4 Å². The predicted octanol–water partition coefficient (Wildman–Crippen LogP) is 3.15. The van der Waals surface area contributed by atoms with E-state index in [4.69, 9.17) is 9.84 Å². The molecule has 0 amide bonds. The van der Waals surface area contributed by atoms with Crippen LogP contribution in [0.1, 0.15) is 57.9 Å². The maximum atomic E-state index is 14.7. The summed E-state index contributed by atoms with van der Waals surface area (Å²) < 4.78 is 20.1. The van der Waals surface area contributed by atoms with E-state index in [0.717, 1.165) is 50.0 Å². The molecular formula is C27H43FN4O3. The number of aliphatic hydroxyl groups excluding tert-OH is 2. The zero-order valence-corrected chi connectivity index (χ0v) is 21.4. The van der Waals surface area contributed by atoms with Crippen molar-refractivity contribution in [2.45, 2.75) is 88.4 Å². The van der Waals surface area contributed by atoms with Gasteiger partial charge in [0.05, 0.1) is 24.9 Å². The van der Waals surface area contributed by atoms with Gasteiger partial charge in [-0.2, -0.15) is 0 Å². The zero-order chi connectivity index (χ0) is 25.0. The van der Waals surface area contributed by atoms with Crippen LogP contribution in [-0.2, 0) is 10.2 Å². The smallest absolute Gasteiger partial charge is 0.156 e. The summed E-state index contributed by atoms with van der Waals surface area (Å²) in [7, 11) is 2.11. The molecule has 4 rings (SSSR count). The van der Waals surface area contributed by atoms with E-state index in [9.17, 15) is 9.50 Å². The molecule has 2 aliphatic heterocycles. The molecule has 4 N–H and O–H groups in total. The summed E-state index contributed by atoms with van der Waals surface area (Å²) in [6, 6.07) is 8.40. The van der Waals surface area contributed by atoms with E-state index in [-0.39, 0.29) is 37.0 Å². The number of ether oxygens (including phenoxy) is 1. The van der Waals surface area contributed by atoms with Gasteiger partial charge < -0.3 is 35.4 Å². The third-order valence-electron chi connectivity index (χ3n) is 8.06. The highest BCUT2D eigenvalue weighted by Crippen LogP contribution is 2.53. The third-order valence-corrected chi connectivity index (χ3v) is 8.06. The average Bonchev–Trinajstić information content (AvgIpc) is 3.55. The van der Waals surface area contributed by atoms with Gasteiger partial charge in [-0.25, -0.2) is 4.39 Å². The molecule has 3 aliphatic rings. The van der Waals surface area contributed by atoms with E-state index in [1.54, 1.807) is 0 Å². The summed E-state index contributed by atoms with van der Waals surface area (Å²) in [5.41, 5.74) is 3.17. The summed E-state index contributed by atoms with van der Waals surface area (Å²) in [6.45, 7) is 5.26. The van der Waals surface area contributed by atoms with Crippen LogP contribution in [0, 0.1) is 0 Å². The first kappa shape index (κ1) is 26.2. The van der Waals surface area contributed by atoms with Gasteiger partial charge in [0.15, 0.2) is 6.29 Å². The lowest BCUT2D eigenvalue weighted by atomic mass is 9.87. The molecule has 5 atom stereocenters. The first-order valence-corrected chi connectivity index (χ1v) is 13.2. The summed E-state index contributed by atoms with van der Waals surface area (Å²) in [4.78, 5) is 4.55. The van der Waals surface area contributed by atoms with Gasteiger partial charge in [0.1, 0.15) is 6.67 Å². The third kappa shape index (κ3) is 5.93. The molecule has 7 nitrogen and oxygen atoms in total. The van der Waals surface area contributed by atoms with Crippen LogP contribution in [0.25, 0.3) is 0 Å². The molecule has 1 saturated carbocycles. The Kier molecular flexibility index (Phi) is 8.58. The Hall–Kier alpha value is -1.87. The lowest BCUT2D eigenvalue weighted by Crippen LogP contribution is -2.49. The summed E-state index contributed by atoms with van der Waals surface area (Å²) in [5.74, 6) is 0.